The Bertz CT molecular complexity index is 743. The van der Waals surface area contributed by atoms with Crippen molar-refractivity contribution in [2.45, 2.75) is 51.0 Å². The van der Waals surface area contributed by atoms with Gasteiger partial charge in [0.1, 0.15) is 0 Å². The first kappa shape index (κ1) is 17.5. The van der Waals surface area contributed by atoms with E-state index in [0.29, 0.717) is 17.5 Å². The molecule has 3 atom stereocenters. The van der Waals surface area contributed by atoms with E-state index in [1.165, 1.54) is 30.5 Å². The molecule has 1 aromatic rings. The number of carbonyl (C=O) groups is 2. The summed E-state index contributed by atoms with van der Waals surface area (Å²) in [5.41, 5.74) is 8.56. The van der Waals surface area contributed by atoms with Gasteiger partial charge in [-0.1, -0.05) is 19.9 Å². The van der Waals surface area contributed by atoms with E-state index in [9.17, 15) is 9.59 Å². The van der Waals surface area contributed by atoms with Gasteiger partial charge in [0, 0.05) is 18.2 Å². The summed E-state index contributed by atoms with van der Waals surface area (Å²) in [4.78, 5) is 26.0. The lowest BCUT2D eigenvalue weighted by Gasteiger charge is -2.55. The Morgan fingerprint density at radius 1 is 1.35 bits per heavy atom. The molecule has 5 heteroatoms. The summed E-state index contributed by atoms with van der Waals surface area (Å²) in [5.74, 6) is 0.745. The SMILES string of the molecule is C[C@H]1C2Cc3ccc(C(=O)NCC(N)=O)cc3[C@@]1(C)CCN2CC1CC1. The quantitative estimate of drug-likeness (QED) is 0.846. The molecular weight excluding hydrogens is 326 g/mol. The minimum Gasteiger partial charge on any atom is -0.368 e. The monoisotopic (exact) mass is 355 g/mol. The van der Waals surface area contributed by atoms with Gasteiger partial charge in [0.15, 0.2) is 0 Å². The van der Waals surface area contributed by atoms with Crippen LogP contribution >= 0.6 is 0 Å². The predicted octanol–water partition coefficient (Wildman–Crippen LogP) is 1.84. The summed E-state index contributed by atoms with van der Waals surface area (Å²) < 4.78 is 0. The number of piperidine rings is 1. The molecule has 0 aromatic heterocycles. The van der Waals surface area contributed by atoms with Gasteiger partial charge in [-0.3, -0.25) is 14.5 Å². The molecule has 0 radical (unpaired) electrons. The van der Waals surface area contributed by atoms with Gasteiger partial charge in [0.25, 0.3) is 5.91 Å². The summed E-state index contributed by atoms with van der Waals surface area (Å²) in [6.45, 7) is 7.03. The van der Waals surface area contributed by atoms with Gasteiger partial charge < -0.3 is 11.1 Å². The number of rotatable bonds is 5. The highest BCUT2D eigenvalue weighted by atomic mass is 16.2. The Morgan fingerprint density at radius 2 is 2.12 bits per heavy atom. The Hall–Kier alpha value is -1.88. The molecule has 1 aromatic carbocycles. The summed E-state index contributed by atoms with van der Waals surface area (Å²) in [5, 5.41) is 2.60. The average Bonchev–Trinajstić information content (AvgIpc) is 3.42. The van der Waals surface area contributed by atoms with Gasteiger partial charge in [-0.15, -0.1) is 0 Å². The zero-order chi connectivity index (χ0) is 18.5. The first-order chi connectivity index (χ1) is 12.4. The molecule has 1 heterocycles. The molecule has 1 aliphatic heterocycles. The highest BCUT2D eigenvalue weighted by molar-refractivity contribution is 5.96. The third kappa shape index (κ3) is 3.02. The van der Waals surface area contributed by atoms with E-state index >= 15 is 0 Å². The normalized spacial score (nSPS) is 30.5. The second-order valence-corrected chi connectivity index (χ2v) is 8.69. The number of fused-ring (bicyclic) bond motifs is 4. The molecular formula is C21H29N3O2. The minimum absolute atomic E-state index is 0.109. The van der Waals surface area contributed by atoms with Crippen molar-refractivity contribution in [2.75, 3.05) is 19.6 Å². The zero-order valence-electron chi connectivity index (χ0n) is 15.8. The maximum absolute atomic E-state index is 12.3. The molecule has 3 N–H and O–H groups in total. The van der Waals surface area contributed by atoms with Crippen molar-refractivity contribution >= 4 is 11.8 Å². The lowest BCUT2D eigenvalue weighted by atomic mass is 9.59. The fourth-order valence-corrected chi connectivity index (χ4v) is 4.98. The minimum atomic E-state index is -0.525. The van der Waals surface area contributed by atoms with Crippen LogP contribution in [0.4, 0.5) is 0 Å². The standard InChI is InChI=1S/C21H29N3O2/c1-13-18-10-15-5-6-16(20(26)23-11-19(22)25)9-17(15)21(13,2)7-8-24(18)12-14-3-4-14/h5-6,9,13-14,18H,3-4,7-8,10-12H2,1-2H3,(H2,22,25)(H,23,26)/t13-,18?,21-/m0/s1. The number of amides is 2. The van der Waals surface area contributed by atoms with Crippen molar-refractivity contribution in [1.82, 2.24) is 10.2 Å². The van der Waals surface area contributed by atoms with Gasteiger partial charge in [-0.05, 0) is 72.7 Å². The molecule has 2 bridgehead atoms. The molecule has 1 saturated heterocycles. The van der Waals surface area contributed by atoms with E-state index in [4.69, 9.17) is 5.73 Å². The number of nitrogens with one attached hydrogen (secondary N) is 1. The molecule has 2 fully saturated rings. The number of hydrogen-bond donors (Lipinski definition) is 2. The van der Waals surface area contributed by atoms with E-state index in [0.717, 1.165) is 25.3 Å². The average molecular weight is 355 g/mol. The van der Waals surface area contributed by atoms with Crippen LogP contribution in [-0.2, 0) is 16.6 Å². The van der Waals surface area contributed by atoms with Crippen LogP contribution in [0.25, 0.3) is 0 Å². The van der Waals surface area contributed by atoms with E-state index in [1.54, 1.807) is 0 Å². The van der Waals surface area contributed by atoms with Crippen LogP contribution in [-0.4, -0.2) is 42.4 Å². The maximum Gasteiger partial charge on any atom is 0.251 e. The van der Waals surface area contributed by atoms with Crippen molar-refractivity contribution in [3.63, 3.8) is 0 Å². The van der Waals surface area contributed by atoms with Crippen LogP contribution in [0.5, 0.6) is 0 Å². The zero-order valence-corrected chi connectivity index (χ0v) is 15.8. The first-order valence-electron chi connectivity index (χ1n) is 9.82. The van der Waals surface area contributed by atoms with Gasteiger partial charge in [0.2, 0.25) is 5.91 Å². The second-order valence-electron chi connectivity index (χ2n) is 8.69. The maximum atomic E-state index is 12.3. The molecule has 1 saturated carbocycles. The third-order valence-corrected chi connectivity index (χ3v) is 7.00. The van der Waals surface area contributed by atoms with Crippen LogP contribution in [0.3, 0.4) is 0 Å². The fraction of sp³-hybridized carbons (Fsp3) is 0.619. The van der Waals surface area contributed by atoms with Crippen LogP contribution in [0.2, 0.25) is 0 Å². The molecule has 26 heavy (non-hydrogen) atoms. The van der Waals surface area contributed by atoms with Gasteiger partial charge in [0.05, 0.1) is 6.54 Å². The van der Waals surface area contributed by atoms with Crippen molar-refractivity contribution in [3.05, 3.63) is 34.9 Å². The molecule has 2 aliphatic carbocycles. The van der Waals surface area contributed by atoms with Crippen LogP contribution in [0, 0.1) is 11.8 Å². The highest BCUT2D eigenvalue weighted by Crippen LogP contribution is 2.49. The molecule has 2 amide bonds. The predicted molar refractivity (Wildman–Crippen MR) is 101 cm³/mol. The van der Waals surface area contributed by atoms with Gasteiger partial charge in [-0.25, -0.2) is 0 Å². The summed E-state index contributed by atoms with van der Waals surface area (Å²) in [6, 6.07) is 6.66. The van der Waals surface area contributed by atoms with Gasteiger partial charge in [-0.2, -0.15) is 0 Å². The van der Waals surface area contributed by atoms with E-state index in [1.807, 2.05) is 6.07 Å². The smallest absolute Gasteiger partial charge is 0.251 e. The number of hydrogen-bond acceptors (Lipinski definition) is 3. The topological polar surface area (TPSA) is 75.4 Å². The molecule has 5 nitrogen and oxygen atoms in total. The highest BCUT2D eigenvalue weighted by Gasteiger charge is 2.49. The second kappa shape index (κ2) is 6.38. The lowest BCUT2D eigenvalue weighted by molar-refractivity contribution is -0.117. The van der Waals surface area contributed by atoms with Crippen LogP contribution in [0.15, 0.2) is 18.2 Å². The lowest BCUT2D eigenvalue weighted by Crippen LogP contribution is -2.58. The molecule has 1 unspecified atom stereocenters. The molecule has 0 spiro atoms. The van der Waals surface area contributed by atoms with Crippen LogP contribution < -0.4 is 11.1 Å². The fourth-order valence-electron chi connectivity index (χ4n) is 4.98. The Balaban J connectivity index is 1.60. The number of likely N-dealkylation sites (tertiary alicyclic amines) is 1. The summed E-state index contributed by atoms with van der Waals surface area (Å²) in [6.07, 6.45) is 5.00. The summed E-state index contributed by atoms with van der Waals surface area (Å²) >= 11 is 0. The largest absolute Gasteiger partial charge is 0.368 e. The number of benzene rings is 1. The molecule has 140 valence electrons. The number of nitrogens with two attached hydrogens (primary N) is 1. The van der Waals surface area contributed by atoms with Crippen molar-refractivity contribution in [1.29, 1.82) is 0 Å². The van der Waals surface area contributed by atoms with Crippen molar-refractivity contribution < 1.29 is 9.59 Å². The van der Waals surface area contributed by atoms with Crippen molar-refractivity contribution in [2.24, 2.45) is 17.6 Å². The summed E-state index contributed by atoms with van der Waals surface area (Å²) in [7, 11) is 0. The number of primary amides is 1. The Labute approximate surface area is 155 Å². The van der Waals surface area contributed by atoms with E-state index in [2.05, 4.69) is 36.2 Å². The third-order valence-electron chi connectivity index (χ3n) is 7.00. The van der Waals surface area contributed by atoms with E-state index < -0.39 is 5.91 Å². The molecule has 3 aliphatic rings. The Morgan fingerprint density at radius 3 is 2.81 bits per heavy atom. The van der Waals surface area contributed by atoms with E-state index in [-0.39, 0.29) is 17.9 Å². The van der Waals surface area contributed by atoms with Crippen LogP contribution in [0.1, 0.15) is 54.6 Å². The molecule has 4 rings (SSSR count). The number of nitrogens with zero attached hydrogens (tertiary/aromatic N) is 1. The van der Waals surface area contributed by atoms with Gasteiger partial charge >= 0.3 is 0 Å². The Kier molecular flexibility index (Phi) is 4.30. The number of carbonyl (C=O) groups excluding carboxylic acids is 2. The first-order valence-corrected chi connectivity index (χ1v) is 9.82. The van der Waals surface area contributed by atoms with Crippen molar-refractivity contribution in [3.8, 4) is 0 Å².